The molecule has 1 aromatic carbocycles. The standard InChI is InChI=1S/C22H36N4O2/c1-6-22(7-2)18(14-19(22)28-9-4)26-21(23-5)25-15-16-10-12-17(13-11-16)20(27)24-8-3/h10-13,18-19H,6-9,14-15H2,1-5H3,(H,24,27)(H2,23,25,26). The molecule has 0 bridgehead atoms. The van der Waals surface area contributed by atoms with E-state index in [-0.39, 0.29) is 11.3 Å². The highest BCUT2D eigenvalue weighted by atomic mass is 16.5. The highest BCUT2D eigenvalue weighted by Gasteiger charge is 2.53. The Labute approximate surface area is 169 Å². The van der Waals surface area contributed by atoms with Crippen LogP contribution >= 0.6 is 0 Å². The van der Waals surface area contributed by atoms with Gasteiger partial charge in [0.05, 0.1) is 6.10 Å². The van der Waals surface area contributed by atoms with Crippen LogP contribution in [0, 0.1) is 5.41 Å². The number of aliphatic imine (C=N–C) groups is 1. The van der Waals surface area contributed by atoms with Crippen LogP contribution in [0.2, 0.25) is 0 Å². The Morgan fingerprint density at radius 2 is 1.82 bits per heavy atom. The van der Waals surface area contributed by atoms with Crippen molar-refractivity contribution < 1.29 is 9.53 Å². The SMILES string of the molecule is CCNC(=O)c1ccc(CNC(=NC)NC2CC(OCC)C2(CC)CC)cc1. The van der Waals surface area contributed by atoms with E-state index >= 15 is 0 Å². The number of hydrogen-bond acceptors (Lipinski definition) is 3. The third-order valence-corrected chi connectivity index (χ3v) is 6.02. The minimum Gasteiger partial charge on any atom is -0.378 e. The van der Waals surface area contributed by atoms with Gasteiger partial charge in [0.15, 0.2) is 5.96 Å². The van der Waals surface area contributed by atoms with Crippen LogP contribution in [0.3, 0.4) is 0 Å². The molecule has 156 valence electrons. The van der Waals surface area contributed by atoms with Gasteiger partial charge in [-0.3, -0.25) is 9.79 Å². The summed E-state index contributed by atoms with van der Waals surface area (Å²) in [5.41, 5.74) is 1.95. The fraction of sp³-hybridized carbons (Fsp3) is 0.636. The molecule has 0 radical (unpaired) electrons. The Morgan fingerprint density at radius 1 is 1.14 bits per heavy atom. The Morgan fingerprint density at radius 3 is 2.36 bits per heavy atom. The molecule has 0 aromatic heterocycles. The van der Waals surface area contributed by atoms with Crippen molar-refractivity contribution in [3.63, 3.8) is 0 Å². The van der Waals surface area contributed by atoms with Crippen molar-refractivity contribution in [1.29, 1.82) is 0 Å². The highest BCUT2D eigenvalue weighted by molar-refractivity contribution is 5.94. The van der Waals surface area contributed by atoms with Gasteiger partial charge in [-0.1, -0.05) is 26.0 Å². The summed E-state index contributed by atoms with van der Waals surface area (Å²) in [5.74, 6) is 0.766. The maximum Gasteiger partial charge on any atom is 0.251 e. The molecule has 6 nitrogen and oxygen atoms in total. The summed E-state index contributed by atoms with van der Waals surface area (Å²) in [6.07, 6.45) is 3.51. The van der Waals surface area contributed by atoms with Crippen LogP contribution in [0.25, 0.3) is 0 Å². The van der Waals surface area contributed by atoms with E-state index in [1.54, 1.807) is 7.05 Å². The second-order valence-electron chi connectivity index (χ2n) is 7.30. The summed E-state index contributed by atoms with van der Waals surface area (Å²) in [7, 11) is 1.80. The zero-order valence-corrected chi connectivity index (χ0v) is 18.0. The van der Waals surface area contributed by atoms with Crippen molar-refractivity contribution in [3.05, 3.63) is 35.4 Å². The monoisotopic (exact) mass is 388 g/mol. The fourth-order valence-electron chi connectivity index (χ4n) is 4.17. The normalized spacial score (nSPS) is 21.0. The zero-order chi connectivity index (χ0) is 20.6. The molecule has 0 saturated heterocycles. The van der Waals surface area contributed by atoms with Gasteiger partial charge in [-0.25, -0.2) is 0 Å². The van der Waals surface area contributed by atoms with Gasteiger partial charge >= 0.3 is 0 Å². The molecule has 1 aliphatic rings. The molecule has 6 heteroatoms. The summed E-state index contributed by atoms with van der Waals surface area (Å²) in [5, 5.41) is 9.80. The lowest BCUT2D eigenvalue weighted by atomic mass is 9.58. The lowest BCUT2D eigenvalue weighted by Gasteiger charge is -2.55. The summed E-state index contributed by atoms with van der Waals surface area (Å²) >= 11 is 0. The molecule has 2 unspecified atom stereocenters. The van der Waals surface area contributed by atoms with Gasteiger partial charge in [0, 0.05) is 43.8 Å². The van der Waals surface area contributed by atoms with Crippen molar-refractivity contribution in [2.24, 2.45) is 10.4 Å². The first-order valence-corrected chi connectivity index (χ1v) is 10.5. The van der Waals surface area contributed by atoms with Gasteiger partial charge in [0.25, 0.3) is 5.91 Å². The minimum atomic E-state index is -0.0382. The van der Waals surface area contributed by atoms with Crippen molar-refractivity contribution in [2.75, 3.05) is 20.2 Å². The van der Waals surface area contributed by atoms with E-state index in [1.165, 1.54) is 0 Å². The number of carbonyl (C=O) groups is 1. The van der Waals surface area contributed by atoms with Crippen LogP contribution < -0.4 is 16.0 Å². The number of hydrogen-bond donors (Lipinski definition) is 3. The van der Waals surface area contributed by atoms with Crippen LogP contribution in [-0.4, -0.2) is 44.2 Å². The van der Waals surface area contributed by atoms with E-state index < -0.39 is 0 Å². The molecule has 0 aliphatic heterocycles. The number of benzene rings is 1. The molecular weight excluding hydrogens is 352 g/mol. The van der Waals surface area contributed by atoms with E-state index in [1.807, 2.05) is 31.2 Å². The number of amides is 1. The second kappa shape index (κ2) is 10.5. The lowest BCUT2D eigenvalue weighted by molar-refractivity contribution is -0.133. The average Bonchev–Trinajstić information content (AvgIpc) is 2.71. The van der Waals surface area contributed by atoms with Crippen LogP contribution in [0.5, 0.6) is 0 Å². The number of carbonyl (C=O) groups excluding carboxylic acids is 1. The smallest absolute Gasteiger partial charge is 0.251 e. The predicted molar refractivity (Wildman–Crippen MR) is 115 cm³/mol. The number of nitrogens with one attached hydrogen (secondary N) is 3. The molecule has 0 spiro atoms. The second-order valence-corrected chi connectivity index (χ2v) is 7.30. The summed E-state index contributed by atoms with van der Waals surface area (Å²) in [6, 6.07) is 8.03. The summed E-state index contributed by atoms with van der Waals surface area (Å²) < 4.78 is 5.97. The van der Waals surface area contributed by atoms with Gasteiger partial charge in [-0.15, -0.1) is 0 Å². The zero-order valence-electron chi connectivity index (χ0n) is 18.0. The fourth-order valence-corrected chi connectivity index (χ4v) is 4.17. The molecule has 1 saturated carbocycles. The maximum absolute atomic E-state index is 11.9. The van der Waals surface area contributed by atoms with E-state index in [9.17, 15) is 4.79 Å². The third kappa shape index (κ3) is 4.85. The molecule has 2 atom stereocenters. The van der Waals surface area contributed by atoms with Crippen LogP contribution in [-0.2, 0) is 11.3 Å². The van der Waals surface area contributed by atoms with Crippen LogP contribution in [0.1, 0.15) is 62.9 Å². The molecule has 2 rings (SSSR count). The molecule has 0 heterocycles. The van der Waals surface area contributed by atoms with Gasteiger partial charge in [-0.05, 0) is 50.8 Å². The topological polar surface area (TPSA) is 74.8 Å². The van der Waals surface area contributed by atoms with Crippen LogP contribution in [0.15, 0.2) is 29.3 Å². The average molecular weight is 389 g/mol. The number of rotatable bonds is 9. The number of nitrogens with zero attached hydrogens (tertiary/aromatic N) is 1. The first-order valence-electron chi connectivity index (χ1n) is 10.5. The maximum atomic E-state index is 11.9. The van der Waals surface area contributed by atoms with E-state index in [0.29, 0.717) is 30.8 Å². The quantitative estimate of drug-likeness (QED) is 0.449. The third-order valence-electron chi connectivity index (χ3n) is 6.02. The van der Waals surface area contributed by atoms with Gasteiger partial charge in [0.1, 0.15) is 0 Å². The number of ether oxygens (including phenoxy) is 1. The largest absolute Gasteiger partial charge is 0.378 e. The molecule has 28 heavy (non-hydrogen) atoms. The molecule has 1 amide bonds. The molecule has 3 N–H and O–H groups in total. The first kappa shape index (κ1) is 22.2. The van der Waals surface area contributed by atoms with Gasteiger partial charge < -0.3 is 20.7 Å². The highest BCUT2D eigenvalue weighted by Crippen LogP contribution is 2.48. The molecular formula is C22H36N4O2. The molecule has 1 aromatic rings. The molecule has 1 fully saturated rings. The Bertz CT molecular complexity index is 653. The van der Waals surface area contributed by atoms with Crippen molar-refractivity contribution in [1.82, 2.24) is 16.0 Å². The Kier molecular flexibility index (Phi) is 8.30. The van der Waals surface area contributed by atoms with Crippen molar-refractivity contribution in [3.8, 4) is 0 Å². The van der Waals surface area contributed by atoms with Crippen molar-refractivity contribution >= 4 is 11.9 Å². The first-order chi connectivity index (χ1) is 13.5. The van der Waals surface area contributed by atoms with E-state index in [0.717, 1.165) is 37.4 Å². The minimum absolute atomic E-state index is 0.0382. The van der Waals surface area contributed by atoms with E-state index in [4.69, 9.17) is 4.74 Å². The summed E-state index contributed by atoms with van der Waals surface area (Å²) in [4.78, 5) is 16.2. The molecule has 1 aliphatic carbocycles. The lowest BCUT2D eigenvalue weighted by Crippen LogP contribution is -2.65. The summed E-state index contributed by atoms with van der Waals surface area (Å²) in [6.45, 7) is 10.5. The van der Waals surface area contributed by atoms with Crippen LogP contribution in [0.4, 0.5) is 0 Å². The van der Waals surface area contributed by atoms with Crippen molar-refractivity contribution in [2.45, 2.75) is 65.6 Å². The van der Waals surface area contributed by atoms with E-state index in [2.05, 4.69) is 41.7 Å². The Hall–Kier alpha value is -2.08. The predicted octanol–water partition coefficient (Wildman–Crippen LogP) is 3.09. The Balaban J connectivity index is 1.92. The number of guanidine groups is 1. The van der Waals surface area contributed by atoms with Gasteiger partial charge in [-0.2, -0.15) is 0 Å². The van der Waals surface area contributed by atoms with Gasteiger partial charge in [0.2, 0.25) is 0 Å².